The van der Waals surface area contributed by atoms with Gasteiger partial charge in [-0.25, -0.2) is 5.10 Å². The molecule has 0 atom stereocenters. The zero-order valence-corrected chi connectivity index (χ0v) is 7.28. The highest BCUT2D eigenvalue weighted by Gasteiger charge is 2.03. The van der Waals surface area contributed by atoms with Gasteiger partial charge in [-0.15, -0.1) is 5.10 Å². The van der Waals surface area contributed by atoms with Crippen molar-refractivity contribution in [3.8, 4) is 11.4 Å². The van der Waals surface area contributed by atoms with Crippen LogP contribution in [0.1, 0.15) is 0 Å². The highest BCUT2D eigenvalue weighted by atomic mass is 35.5. The molecule has 0 saturated heterocycles. The van der Waals surface area contributed by atoms with Crippen molar-refractivity contribution in [2.45, 2.75) is 0 Å². The Kier molecular flexibility index (Phi) is 1.86. The van der Waals surface area contributed by atoms with Crippen LogP contribution < -0.4 is 5.73 Å². The second-order valence-corrected chi connectivity index (χ2v) is 2.89. The monoisotopic (exact) mass is 195 g/mol. The lowest BCUT2D eigenvalue weighted by Crippen LogP contribution is -1.87. The summed E-state index contributed by atoms with van der Waals surface area (Å²) >= 11 is 5.82. The van der Waals surface area contributed by atoms with Gasteiger partial charge < -0.3 is 5.73 Å². The van der Waals surface area contributed by atoms with Gasteiger partial charge in [0.05, 0.1) is 10.7 Å². The molecule has 0 spiro atoms. The van der Waals surface area contributed by atoms with Gasteiger partial charge in [0.2, 0.25) is 0 Å². The minimum Gasteiger partial charge on any atom is -0.398 e. The third kappa shape index (κ3) is 1.46. The Bertz CT molecular complexity index is 411. The topological polar surface area (TPSA) is 80.5 Å². The second kappa shape index (κ2) is 3.02. The maximum absolute atomic E-state index is 5.82. The fraction of sp³-hybridized carbons (Fsp3) is 0. The maximum atomic E-state index is 5.82. The number of aromatic nitrogens is 4. The van der Waals surface area contributed by atoms with Crippen LogP contribution in [0.3, 0.4) is 0 Å². The summed E-state index contributed by atoms with van der Waals surface area (Å²) in [6.45, 7) is 0. The Morgan fingerprint density at radius 3 is 2.85 bits per heavy atom. The molecule has 0 aliphatic carbocycles. The Morgan fingerprint density at radius 2 is 2.23 bits per heavy atom. The number of nitrogens with one attached hydrogen (secondary N) is 1. The number of benzene rings is 1. The number of hydrogen-bond donors (Lipinski definition) is 2. The van der Waals surface area contributed by atoms with E-state index in [1.165, 1.54) is 0 Å². The highest BCUT2D eigenvalue weighted by Crippen LogP contribution is 2.23. The average Bonchev–Trinajstić information content (AvgIpc) is 2.62. The van der Waals surface area contributed by atoms with Gasteiger partial charge in [-0.3, -0.25) is 0 Å². The van der Waals surface area contributed by atoms with E-state index in [1.807, 2.05) is 0 Å². The van der Waals surface area contributed by atoms with Crippen molar-refractivity contribution >= 4 is 17.3 Å². The molecule has 66 valence electrons. The van der Waals surface area contributed by atoms with Crippen LogP contribution in [-0.2, 0) is 0 Å². The molecule has 6 heteroatoms. The second-order valence-electron chi connectivity index (χ2n) is 2.49. The van der Waals surface area contributed by atoms with Crippen molar-refractivity contribution < 1.29 is 0 Å². The summed E-state index contributed by atoms with van der Waals surface area (Å²) in [5.41, 5.74) is 6.90. The zero-order chi connectivity index (χ0) is 9.26. The van der Waals surface area contributed by atoms with Crippen molar-refractivity contribution in [3.05, 3.63) is 23.2 Å². The molecule has 1 aromatic carbocycles. The van der Waals surface area contributed by atoms with Gasteiger partial charge in [0.1, 0.15) is 0 Å². The van der Waals surface area contributed by atoms with Gasteiger partial charge in [-0.2, -0.15) is 0 Å². The predicted molar refractivity (Wildman–Crippen MR) is 49.0 cm³/mol. The van der Waals surface area contributed by atoms with Crippen LogP contribution in [-0.4, -0.2) is 20.6 Å². The first-order chi connectivity index (χ1) is 6.27. The summed E-state index contributed by atoms with van der Waals surface area (Å²) in [5.74, 6) is 0.571. The molecule has 0 unspecified atom stereocenters. The van der Waals surface area contributed by atoms with Crippen LogP contribution in [0.15, 0.2) is 18.2 Å². The third-order valence-corrected chi connectivity index (χ3v) is 1.95. The Morgan fingerprint density at radius 1 is 1.38 bits per heavy atom. The molecule has 0 aliphatic heterocycles. The molecular weight excluding hydrogens is 190 g/mol. The highest BCUT2D eigenvalue weighted by molar-refractivity contribution is 6.33. The smallest absolute Gasteiger partial charge is 0.179 e. The lowest BCUT2D eigenvalue weighted by atomic mass is 10.2. The molecule has 0 amide bonds. The van der Waals surface area contributed by atoms with Gasteiger partial charge in [0, 0.05) is 5.56 Å². The van der Waals surface area contributed by atoms with E-state index < -0.39 is 0 Å². The molecule has 5 nitrogen and oxygen atoms in total. The molecule has 0 bridgehead atoms. The first-order valence-electron chi connectivity index (χ1n) is 3.56. The van der Waals surface area contributed by atoms with Gasteiger partial charge in [-0.1, -0.05) is 11.6 Å². The molecule has 2 aromatic rings. The van der Waals surface area contributed by atoms with Crippen LogP contribution in [0.5, 0.6) is 0 Å². The third-order valence-electron chi connectivity index (χ3n) is 1.62. The fourth-order valence-electron chi connectivity index (χ4n) is 0.956. The van der Waals surface area contributed by atoms with E-state index in [1.54, 1.807) is 18.2 Å². The molecule has 0 aliphatic rings. The molecule has 2 rings (SSSR count). The van der Waals surface area contributed by atoms with Gasteiger partial charge in [0.15, 0.2) is 5.82 Å². The van der Waals surface area contributed by atoms with E-state index in [2.05, 4.69) is 20.6 Å². The van der Waals surface area contributed by atoms with E-state index in [4.69, 9.17) is 17.3 Å². The summed E-state index contributed by atoms with van der Waals surface area (Å²) in [5, 5.41) is 13.8. The first kappa shape index (κ1) is 8.00. The number of aromatic amines is 1. The molecule has 3 N–H and O–H groups in total. The van der Waals surface area contributed by atoms with Crippen LogP contribution in [0.25, 0.3) is 11.4 Å². The van der Waals surface area contributed by atoms with E-state index in [-0.39, 0.29) is 0 Å². The molecule has 0 radical (unpaired) electrons. The zero-order valence-electron chi connectivity index (χ0n) is 6.53. The summed E-state index contributed by atoms with van der Waals surface area (Å²) in [6, 6.07) is 5.21. The lowest BCUT2D eigenvalue weighted by molar-refractivity contribution is 0.881. The van der Waals surface area contributed by atoms with Crippen molar-refractivity contribution in [2.75, 3.05) is 5.73 Å². The van der Waals surface area contributed by atoms with E-state index in [0.717, 1.165) is 5.56 Å². The Balaban J connectivity index is 2.49. The number of hydrogen-bond acceptors (Lipinski definition) is 4. The molecule has 0 saturated carbocycles. The number of H-pyrrole nitrogens is 1. The molecule has 1 heterocycles. The van der Waals surface area contributed by atoms with Crippen LogP contribution >= 0.6 is 11.6 Å². The normalized spacial score (nSPS) is 10.2. The van der Waals surface area contributed by atoms with Crippen molar-refractivity contribution in [1.82, 2.24) is 20.6 Å². The fourth-order valence-corrected chi connectivity index (χ4v) is 1.14. The SMILES string of the molecule is Nc1ccc(-c2nnn[nH]2)cc1Cl. The Labute approximate surface area is 78.9 Å². The van der Waals surface area contributed by atoms with Gasteiger partial charge in [0.25, 0.3) is 0 Å². The largest absolute Gasteiger partial charge is 0.398 e. The minimum atomic E-state index is 0.494. The molecule has 0 fully saturated rings. The van der Waals surface area contributed by atoms with E-state index >= 15 is 0 Å². The first-order valence-corrected chi connectivity index (χ1v) is 3.94. The summed E-state index contributed by atoms with van der Waals surface area (Å²) < 4.78 is 0. The summed E-state index contributed by atoms with van der Waals surface area (Å²) in [7, 11) is 0. The molecule has 1 aromatic heterocycles. The summed E-state index contributed by atoms with van der Waals surface area (Å²) in [6.07, 6.45) is 0. The number of anilines is 1. The standard InChI is InChI=1S/C7H6ClN5/c8-5-3-4(1-2-6(5)9)7-10-12-13-11-7/h1-3H,9H2,(H,10,11,12,13). The van der Waals surface area contributed by atoms with E-state index in [0.29, 0.717) is 16.5 Å². The molecular formula is C7H6ClN5. The number of nitrogens with two attached hydrogens (primary N) is 1. The number of nitrogens with zero attached hydrogens (tertiary/aromatic N) is 3. The quantitative estimate of drug-likeness (QED) is 0.668. The number of rotatable bonds is 1. The van der Waals surface area contributed by atoms with Crippen LogP contribution in [0.2, 0.25) is 5.02 Å². The van der Waals surface area contributed by atoms with Crippen LogP contribution in [0.4, 0.5) is 5.69 Å². The number of halogens is 1. The molecule has 13 heavy (non-hydrogen) atoms. The van der Waals surface area contributed by atoms with E-state index in [9.17, 15) is 0 Å². The van der Waals surface area contributed by atoms with Crippen molar-refractivity contribution in [3.63, 3.8) is 0 Å². The average molecular weight is 196 g/mol. The summed E-state index contributed by atoms with van der Waals surface area (Å²) in [4.78, 5) is 0. The van der Waals surface area contributed by atoms with Crippen molar-refractivity contribution in [1.29, 1.82) is 0 Å². The number of tetrazole rings is 1. The van der Waals surface area contributed by atoms with Gasteiger partial charge >= 0.3 is 0 Å². The lowest BCUT2D eigenvalue weighted by Gasteiger charge is -1.99. The maximum Gasteiger partial charge on any atom is 0.179 e. The minimum absolute atomic E-state index is 0.494. The predicted octanol–water partition coefficient (Wildman–Crippen LogP) is 1.10. The van der Waals surface area contributed by atoms with Crippen molar-refractivity contribution in [2.24, 2.45) is 0 Å². The Hall–Kier alpha value is -1.62. The van der Waals surface area contributed by atoms with Gasteiger partial charge in [-0.05, 0) is 28.6 Å². The van der Waals surface area contributed by atoms with Crippen LogP contribution in [0, 0.1) is 0 Å². The number of nitrogen functional groups attached to an aromatic ring is 1.